The molecular weight excluding hydrogens is 276 g/mol. The van der Waals surface area contributed by atoms with Crippen LogP contribution in [0, 0.1) is 13.8 Å². The molecule has 2 rings (SSSR count). The molecule has 0 aliphatic heterocycles. The molecule has 2 aromatic carbocycles. The number of nitrogens with one attached hydrogen (secondary N) is 1. The van der Waals surface area contributed by atoms with Crippen molar-refractivity contribution < 1.29 is 0 Å². The summed E-state index contributed by atoms with van der Waals surface area (Å²) in [5.41, 5.74) is 11.1. The van der Waals surface area contributed by atoms with Crippen LogP contribution in [0.5, 0.6) is 0 Å². The fraction of sp³-hybridized carbons (Fsp3) is 0.143. The van der Waals surface area contributed by atoms with E-state index in [2.05, 4.69) is 53.3 Å². The Kier molecular flexibility index (Phi) is 3.38. The Morgan fingerprint density at radius 1 is 1.00 bits per heavy atom. The highest BCUT2D eigenvalue weighted by atomic mass is 79.9. The first kappa shape index (κ1) is 12.0. The molecule has 0 unspecified atom stereocenters. The van der Waals surface area contributed by atoms with E-state index in [9.17, 15) is 0 Å². The Hall–Kier alpha value is -1.48. The van der Waals surface area contributed by atoms with E-state index >= 15 is 0 Å². The molecule has 0 heterocycles. The Bertz CT molecular complexity index is 550. The molecule has 88 valence electrons. The average molecular weight is 291 g/mol. The number of anilines is 3. The van der Waals surface area contributed by atoms with Gasteiger partial charge >= 0.3 is 0 Å². The van der Waals surface area contributed by atoms with E-state index in [0.717, 1.165) is 21.5 Å². The number of hydrogen-bond donors (Lipinski definition) is 2. The summed E-state index contributed by atoms with van der Waals surface area (Å²) in [7, 11) is 0. The van der Waals surface area contributed by atoms with Crippen LogP contribution < -0.4 is 11.1 Å². The molecule has 0 bridgehead atoms. The van der Waals surface area contributed by atoms with E-state index in [1.54, 1.807) is 0 Å². The van der Waals surface area contributed by atoms with E-state index in [1.165, 1.54) is 11.1 Å². The predicted octanol–water partition coefficient (Wildman–Crippen LogP) is 4.39. The van der Waals surface area contributed by atoms with Crippen molar-refractivity contribution in [1.29, 1.82) is 0 Å². The molecule has 3 N–H and O–H groups in total. The molecule has 0 saturated heterocycles. The Labute approximate surface area is 110 Å². The molecule has 0 aromatic heterocycles. The van der Waals surface area contributed by atoms with E-state index < -0.39 is 0 Å². The summed E-state index contributed by atoms with van der Waals surface area (Å²) in [6, 6.07) is 12.1. The molecule has 2 aromatic rings. The Morgan fingerprint density at radius 3 is 2.41 bits per heavy atom. The van der Waals surface area contributed by atoms with E-state index in [1.807, 2.05) is 18.2 Å². The number of rotatable bonds is 2. The number of nitrogens with two attached hydrogens (primary N) is 1. The van der Waals surface area contributed by atoms with Gasteiger partial charge in [0.05, 0.1) is 5.69 Å². The monoisotopic (exact) mass is 290 g/mol. The van der Waals surface area contributed by atoms with Crippen LogP contribution in [0.2, 0.25) is 0 Å². The Morgan fingerprint density at radius 2 is 1.76 bits per heavy atom. The lowest BCUT2D eigenvalue weighted by molar-refractivity contribution is 1.34. The molecule has 17 heavy (non-hydrogen) atoms. The standard InChI is InChI=1S/C14H15BrN2/c1-9-3-5-12(7-10(9)2)17-14-6-4-11(16)8-13(14)15/h3-8,17H,16H2,1-2H3. The van der Waals surface area contributed by atoms with Crippen molar-refractivity contribution in [3.8, 4) is 0 Å². The minimum Gasteiger partial charge on any atom is -0.399 e. The van der Waals surface area contributed by atoms with Gasteiger partial charge in [-0.3, -0.25) is 0 Å². The van der Waals surface area contributed by atoms with Crippen LogP contribution in [0.3, 0.4) is 0 Å². The lowest BCUT2D eigenvalue weighted by atomic mass is 10.1. The van der Waals surface area contributed by atoms with Gasteiger partial charge in [-0.2, -0.15) is 0 Å². The zero-order valence-corrected chi connectivity index (χ0v) is 11.5. The summed E-state index contributed by atoms with van der Waals surface area (Å²) in [5, 5.41) is 3.37. The number of hydrogen-bond acceptors (Lipinski definition) is 2. The summed E-state index contributed by atoms with van der Waals surface area (Å²) in [4.78, 5) is 0. The molecule has 3 heteroatoms. The van der Waals surface area contributed by atoms with Crippen molar-refractivity contribution in [2.45, 2.75) is 13.8 Å². The third-order valence-corrected chi connectivity index (χ3v) is 3.44. The molecule has 0 spiro atoms. The largest absolute Gasteiger partial charge is 0.399 e. The van der Waals surface area contributed by atoms with Gasteiger partial charge in [-0.1, -0.05) is 6.07 Å². The zero-order valence-electron chi connectivity index (χ0n) is 9.92. The van der Waals surface area contributed by atoms with Crippen molar-refractivity contribution in [2.24, 2.45) is 0 Å². The molecule has 0 radical (unpaired) electrons. The highest BCUT2D eigenvalue weighted by Crippen LogP contribution is 2.28. The van der Waals surface area contributed by atoms with Gasteiger partial charge in [0.25, 0.3) is 0 Å². The fourth-order valence-corrected chi connectivity index (χ4v) is 2.10. The lowest BCUT2D eigenvalue weighted by Gasteiger charge is -2.10. The van der Waals surface area contributed by atoms with E-state index in [0.29, 0.717) is 0 Å². The minimum atomic E-state index is 0.752. The molecular formula is C14H15BrN2. The molecule has 0 aliphatic rings. The third kappa shape index (κ3) is 2.80. The molecule has 0 amide bonds. The van der Waals surface area contributed by atoms with Gasteiger partial charge in [0.2, 0.25) is 0 Å². The van der Waals surface area contributed by atoms with Crippen molar-refractivity contribution in [3.05, 3.63) is 52.0 Å². The van der Waals surface area contributed by atoms with Gasteiger partial charge in [-0.15, -0.1) is 0 Å². The van der Waals surface area contributed by atoms with E-state index in [-0.39, 0.29) is 0 Å². The first-order chi connectivity index (χ1) is 8.06. The summed E-state index contributed by atoms with van der Waals surface area (Å²) in [6.07, 6.45) is 0. The molecule has 0 aliphatic carbocycles. The number of benzene rings is 2. The second-order valence-electron chi connectivity index (χ2n) is 4.16. The van der Waals surface area contributed by atoms with Crippen LogP contribution in [0.4, 0.5) is 17.1 Å². The minimum absolute atomic E-state index is 0.752. The molecule has 0 atom stereocenters. The van der Waals surface area contributed by atoms with Gasteiger partial charge < -0.3 is 11.1 Å². The number of halogens is 1. The zero-order chi connectivity index (χ0) is 12.4. The van der Waals surface area contributed by atoms with Crippen molar-refractivity contribution in [2.75, 3.05) is 11.1 Å². The maximum atomic E-state index is 5.71. The fourth-order valence-electron chi connectivity index (χ4n) is 1.61. The van der Waals surface area contributed by atoms with Crippen LogP contribution in [-0.4, -0.2) is 0 Å². The highest BCUT2D eigenvalue weighted by Gasteiger charge is 2.01. The van der Waals surface area contributed by atoms with Crippen LogP contribution in [0.1, 0.15) is 11.1 Å². The van der Waals surface area contributed by atoms with Gasteiger partial charge in [-0.05, 0) is 71.2 Å². The van der Waals surface area contributed by atoms with Crippen molar-refractivity contribution >= 4 is 33.0 Å². The third-order valence-electron chi connectivity index (χ3n) is 2.78. The smallest absolute Gasteiger partial charge is 0.0530 e. The normalized spacial score (nSPS) is 10.3. The summed E-state index contributed by atoms with van der Waals surface area (Å²) >= 11 is 3.50. The summed E-state index contributed by atoms with van der Waals surface area (Å²) in [6.45, 7) is 4.22. The molecule has 0 fully saturated rings. The van der Waals surface area contributed by atoms with Crippen LogP contribution in [0.25, 0.3) is 0 Å². The van der Waals surface area contributed by atoms with Crippen molar-refractivity contribution in [1.82, 2.24) is 0 Å². The number of nitrogen functional groups attached to an aromatic ring is 1. The first-order valence-corrected chi connectivity index (χ1v) is 6.25. The second kappa shape index (κ2) is 4.80. The van der Waals surface area contributed by atoms with E-state index in [4.69, 9.17) is 5.73 Å². The summed E-state index contributed by atoms with van der Waals surface area (Å²) < 4.78 is 0.968. The SMILES string of the molecule is Cc1ccc(Nc2ccc(N)cc2Br)cc1C. The van der Waals surface area contributed by atoms with Crippen LogP contribution in [0.15, 0.2) is 40.9 Å². The van der Waals surface area contributed by atoms with Gasteiger partial charge in [0, 0.05) is 15.8 Å². The van der Waals surface area contributed by atoms with Gasteiger partial charge in [0.15, 0.2) is 0 Å². The maximum absolute atomic E-state index is 5.71. The second-order valence-corrected chi connectivity index (χ2v) is 5.02. The Balaban J connectivity index is 2.28. The van der Waals surface area contributed by atoms with Crippen LogP contribution >= 0.6 is 15.9 Å². The maximum Gasteiger partial charge on any atom is 0.0530 e. The van der Waals surface area contributed by atoms with Crippen molar-refractivity contribution in [3.63, 3.8) is 0 Å². The van der Waals surface area contributed by atoms with Gasteiger partial charge in [-0.25, -0.2) is 0 Å². The van der Waals surface area contributed by atoms with Crippen LogP contribution in [-0.2, 0) is 0 Å². The lowest BCUT2D eigenvalue weighted by Crippen LogP contribution is -1.94. The molecule has 0 saturated carbocycles. The first-order valence-electron chi connectivity index (χ1n) is 5.45. The summed E-state index contributed by atoms with van der Waals surface area (Å²) in [5.74, 6) is 0. The topological polar surface area (TPSA) is 38.0 Å². The van der Waals surface area contributed by atoms with Gasteiger partial charge in [0.1, 0.15) is 0 Å². The highest BCUT2D eigenvalue weighted by molar-refractivity contribution is 9.10. The predicted molar refractivity (Wildman–Crippen MR) is 77.8 cm³/mol. The molecule has 2 nitrogen and oxygen atoms in total. The quantitative estimate of drug-likeness (QED) is 0.805. The number of aryl methyl sites for hydroxylation is 2. The average Bonchev–Trinajstić information content (AvgIpc) is 2.27.